The predicted molar refractivity (Wildman–Crippen MR) is 111 cm³/mol. The van der Waals surface area contributed by atoms with Crippen LogP contribution in [0.5, 0.6) is 0 Å². The number of sulfone groups is 1. The number of anilines is 2. The molecule has 0 saturated carbocycles. The lowest BCUT2D eigenvalue weighted by atomic mass is 10.1. The summed E-state index contributed by atoms with van der Waals surface area (Å²) in [5.41, 5.74) is 0.564. The molecule has 7 nitrogen and oxygen atoms in total. The number of amides is 1. The summed E-state index contributed by atoms with van der Waals surface area (Å²) in [5.74, 6) is -0.741. The highest BCUT2D eigenvalue weighted by atomic mass is 32.2. The first kappa shape index (κ1) is 19.4. The first-order valence-corrected chi connectivity index (χ1v) is 12.0. The van der Waals surface area contributed by atoms with Gasteiger partial charge in [-0.25, -0.2) is 16.8 Å². The van der Waals surface area contributed by atoms with Crippen molar-refractivity contribution < 1.29 is 21.6 Å². The fraction of sp³-hybridized carbons (Fsp3) is 0.150. The van der Waals surface area contributed by atoms with Crippen molar-refractivity contribution in [2.45, 2.75) is 16.7 Å². The van der Waals surface area contributed by atoms with Crippen molar-refractivity contribution in [1.29, 1.82) is 0 Å². The number of benzene rings is 3. The topological polar surface area (TPSA) is 101 Å². The van der Waals surface area contributed by atoms with E-state index < -0.39 is 32.3 Å². The Morgan fingerprint density at radius 1 is 1.00 bits per heavy atom. The van der Waals surface area contributed by atoms with Gasteiger partial charge < -0.3 is 5.32 Å². The molecule has 0 spiro atoms. The molecule has 0 bridgehead atoms. The molecule has 0 saturated heterocycles. The zero-order chi connectivity index (χ0) is 20.8. The third-order valence-corrected chi connectivity index (χ3v) is 8.43. The van der Waals surface area contributed by atoms with Crippen LogP contribution < -0.4 is 9.62 Å². The fourth-order valence-electron chi connectivity index (χ4n) is 3.45. The van der Waals surface area contributed by atoms with Gasteiger partial charge in [0.1, 0.15) is 6.54 Å². The average molecular weight is 431 g/mol. The van der Waals surface area contributed by atoms with Crippen molar-refractivity contribution in [1.82, 2.24) is 0 Å². The van der Waals surface area contributed by atoms with Gasteiger partial charge in [-0.3, -0.25) is 9.10 Å². The van der Waals surface area contributed by atoms with Gasteiger partial charge in [-0.05, 0) is 29.7 Å². The van der Waals surface area contributed by atoms with Gasteiger partial charge in [-0.15, -0.1) is 0 Å². The van der Waals surface area contributed by atoms with Crippen LogP contribution in [0.3, 0.4) is 0 Å². The maximum absolute atomic E-state index is 13.0. The van der Waals surface area contributed by atoms with E-state index in [9.17, 15) is 21.6 Å². The molecule has 1 aliphatic rings. The molecule has 3 aromatic carbocycles. The second-order valence-electron chi connectivity index (χ2n) is 6.59. The Bertz CT molecular complexity index is 1340. The van der Waals surface area contributed by atoms with Gasteiger partial charge in [0, 0.05) is 5.39 Å². The quantitative estimate of drug-likeness (QED) is 0.671. The fourth-order valence-corrected chi connectivity index (χ4v) is 6.16. The monoisotopic (exact) mass is 430 g/mol. The van der Waals surface area contributed by atoms with Gasteiger partial charge in [0.25, 0.3) is 10.0 Å². The van der Waals surface area contributed by atoms with E-state index in [0.717, 1.165) is 9.69 Å². The van der Waals surface area contributed by atoms with E-state index in [0.29, 0.717) is 11.1 Å². The Balaban J connectivity index is 1.67. The minimum absolute atomic E-state index is 0.00511. The number of sulfonamides is 1. The highest BCUT2D eigenvalue weighted by molar-refractivity contribution is 7.93. The molecule has 0 atom stereocenters. The molecule has 0 fully saturated rings. The van der Waals surface area contributed by atoms with Crippen molar-refractivity contribution in [2.24, 2.45) is 0 Å². The normalized spacial score (nSPS) is 14.9. The van der Waals surface area contributed by atoms with Crippen molar-refractivity contribution in [2.75, 3.05) is 21.9 Å². The van der Waals surface area contributed by atoms with E-state index in [2.05, 4.69) is 5.32 Å². The second-order valence-corrected chi connectivity index (χ2v) is 10.7. The minimum atomic E-state index is -3.87. The van der Waals surface area contributed by atoms with Crippen LogP contribution in [-0.2, 0) is 24.7 Å². The summed E-state index contributed by atoms with van der Waals surface area (Å²) in [5, 5.41) is 3.90. The van der Waals surface area contributed by atoms with Crippen molar-refractivity contribution in [3.8, 4) is 0 Å². The number of carbonyl (C=O) groups is 1. The number of nitrogens with one attached hydrogen (secondary N) is 1. The number of hydrogen-bond donors (Lipinski definition) is 1. The minimum Gasteiger partial charge on any atom is -0.323 e. The standard InChI is InChI=1S/C20H18N2O5S2/c1-2-28(24,25)17-11-4-3-9-15(17)21-19(23)13-22-16-10-5-7-14-8-6-12-18(20(14)16)29(22,26)27/h3-12H,2,13H2,1H3,(H,21,23). The molecule has 1 amide bonds. The molecule has 29 heavy (non-hydrogen) atoms. The summed E-state index contributed by atoms with van der Waals surface area (Å²) in [4.78, 5) is 12.8. The third-order valence-electron chi connectivity index (χ3n) is 4.84. The maximum Gasteiger partial charge on any atom is 0.265 e. The summed E-state index contributed by atoms with van der Waals surface area (Å²) in [6, 6.07) is 16.3. The lowest BCUT2D eigenvalue weighted by molar-refractivity contribution is -0.114. The average Bonchev–Trinajstić information content (AvgIpc) is 2.92. The summed E-state index contributed by atoms with van der Waals surface area (Å²) in [7, 11) is -7.42. The van der Waals surface area contributed by atoms with Crippen molar-refractivity contribution in [3.05, 3.63) is 60.7 Å². The number of rotatable bonds is 5. The second kappa shape index (κ2) is 6.85. The van der Waals surface area contributed by atoms with E-state index in [1.807, 2.05) is 12.1 Å². The van der Waals surface area contributed by atoms with Crippen LogP contribution in [0, 0.1) is 0 Å². The SMILES string of the molecule is CCS(=O)(=O)c1ccccc1NC(=O)CN1c2cccc3cccc(c23)S1(=O)=O. The highest BCUT2D eigenvalue weighted by Gasteiger charge is 2.36. The lowest BCUT2D eigenvalue weighted by Gasteiger charge is -2.19. The molecule has 0 unspecified atom stereocenters. The smallest absolute Gasteiger partial charge is 0.265 e. The van der Waals surface area contributed by atoms with E-state index in [4.69, 9.17) is 0 Å². The van der Waals surface area contributed by atoms with Gasteiger partial charge in [-0.2, -0.15) is 0 Å². The highest BCUT2D eigenvalue weighted by Crippen LogP contribution is 2.41. The Morgan fingerprint density at radius 2 is 1.69 bits per heavy atom. The molecular formula is C20H18N2O5S2. The number of carbonyl (C=O) groups excluding carboxylic acids is 1. The van der Waals surface area contributed by atoms with Gasteiger partial charge in [-0.1, -0.05) is 43.3 Å². The zero-order valence-electron chi connectivity index (χ0n) is 15.5. The molecule has 9 heteroatoms. The third kappa shape index (κ3) is 3.16. The van der Waals surface area contributed by atoms with Crippen molar-refractivity contribution in [3.63, 3.8) is 0 Å². The number of para-hydroxylation sites is 1. The molecule has 0 aromatic heterocycles. The predicted octanol–water partition coefficient (Wildman–Crippen LogP) is 2.78. The van der Waals surface area contributed by atoms with Gasteiger partial charge >= 0.3 is 0 Å². The molecule has 0 aliphatic carbocycles. The Hall–Kier alpha value is -2.91. The Kier molecular flexibility index (Phi) is 4.59. The molecular weight excluding hydrogens is 412 g/mol. The van der Waals surface area contributed by atoms with Crippen LogP contribution in [0.4, 0.5) is 11.4 Å². The van der Waals surface area contributed by atoms with E-state index >= 15 is 0 Å². The molecule has 1 heterocycles. The molecule has 150 valence electrons. The number of nitrogens with zero attached hydrogens (tertiary/aromatic N) is 1. The zero-order valence-corrected chi connectivity index (χ0v) is 17.1. The Labute approximate surface area is 168 Å². The van der Waals surface area contributed by atoms with E-state index in [1.165, 1.54) is 25.1 Å². The summed E-state index contributed by atoms with van der Waals surface area (Å²) < 4.78 is 51.5. The first-order valence-electron chi connectivity index (χ1n) is 8.92. The van der Waals surface area contributed by atoms with E-state index in [1.54, 1.807) is 30.3 Å². The van der Waals surface area contributed by atoms with Gasteiger partial charge in [0.15, 0.2) is 9.84 Å². The lowest BCUT2D eigenvalue weighted by Crippen LogP contribution is -2.35. The number of hydrogen-bond acceptors (Lipinski definition) is 5. The van der Waals surface area contributed by atoms with Crippen LogP contribution in [0.15, 0.2) is 70.5 Å². The van der Waals surface area contributed by atoms with Gasteiger partial charge in [0.2, 0.25) is 5.91 Å². The molecule has 3 aromatic rings. The van der Waals surface area contributed by atoms with Crippen LogP contribution in [-0.4, -0.2) is 35.0 Å². The molecule has 4 rings (SSSR count). The molecule has 0 radical (unpaired) electrons. The maximum atomic E-state index is 13.0. The summed E-state index contributed by atoms with van der Waals surface area (Å²) in [6.07, 6.45) is 0. The van der Waals surface area contributed by atoms with Crippen LogP contribution in [0.2, 0.25) is 0 Å². The van der Waals surface area contributed by atoms with E-state index in [-0.39, 0.29) is 21.2 Å². The molecule has 1 N–H and O–H groups in total. The summed E-state index contributed by atoms with van der Waals surface area (Å²) >= 11 is 0. The first-order chi connectivity index (χ1) is 13.8. The van der Waals surface area contributed by atoms with Gasteiger partial charge in [0.05, 0.1) is 26.9 Å². The summed E-state index contributed by atoms with van der Waals surface area (Å²) in [6.45, 7) is 1.05. The molecule has 1 aliphatic heterocycles. The van der Waals surface area contributed by atoms with Crippen LogP contribution >= 0.6 is 0 Å². The van der Waals surface area contributed by atoms with Crippen LogP contribution in [0.1, 0.15) is 6.92 Å². The van der Waals surface area contributed by atoms with Crippen LogP contribution in [0.25, 0.3) is 10.8 Å². The Morgan fingerprint density at radius 3 is 2.41 bits per heavy atom. The largest absolute Gasteiger partial charge is 0.323 e. The van der Waals surface area contributed by atoms with Crippen molar-refractivity contribution >= 4 is 47.9 Å².